The average Bonchev–Trinajstić information content (AvgIpc) is 4.13. The second-order valence-electron chi connectivity index (χ2n) is 18.6. The van der Waals surface area contributed by atoms with Crippen LogP contribution < -0.4 is 9.97 Å². The van der Waals surface area contributed by atoms with Crippen molar-refractivity contribution in [1.82, 2.24) is 19.9 Å². The molecule has 3 aromatic heterocycles. The number of hydrogen-bond donors (Lipinski definition) is 0. The van der Waals surface area contributed by atoms with Gasteiger partial charge in [0.05, 0.1) is 127 Å². The third kappa shape index (κ3) is 9.03. The summed E-state index contributed by atoms with van der Waals surface area (Å²) in [6.45, 7) is 0. The minimum Gasteiger partial charge on any atom is -0.657 e. The summed E-state index contributed by atoms with van der Waals surface area (Å²) in [4.78, 5) is 129. The SMILES string of the molecule is COC(=O)C1CC2=C(CC1C(=O)OC)c1cc3[n-]c(cc4nc(cc5[n-]c(cc2n1)c1c5CC(C(=O)OC)C(C(=O)OC)C1)C1=C4CC(C(=O)OC)C(C(=O)OC)C1)c1c3CC(C(=O)OC)C(C(=O)OC)C1.[Zn+2]. The first kappa shape index (κ1) is 52.3. The van der Waals surface area contributed by atoms with E-state index < -0.39 is 95.1 Å². The van der Waals surface area contributed by atoms with Crippen molar-refractivity contribution in [3.63, 3.8) is 0 Å². The Morgan fingerprint density at radius 1 is 0.329 bits per heavy atom. The topological polar surface area (TPSA) is 264 Å². The normalized spacial score (nSPS) is 23.7. The number of nitrogens with zero attached hydrogens (tertiary/aromatic N) is 4. The molecule has 8 bridgehead atoms. The van der Waals surface area contributed by atoms with Crippen molar-refractivity contribution in [1.29, 1.82) is 0 Å². The van der Waals surface area contributed by atoms with Gasteiger partial charge in [-0.2, -0.15) is 0 Å². The Bertz CT molecular complexity index is 2710. The third-order valence-electron chi connectivity index (χ3n) is 15.4. The molecular formula is C52H52N4O16Zn. The molecule has 2 aliphatic heterocycles. The molecule has 5 heterocycles. The second-order valence-corrected chi connectivity index (χ2v) is 18.6. The standard InChI is InChI=1S/C52H52N4O16.Zn/c1-65-45(57)29-9-21-22(10-30(29)46(58)66-2)38-18-40-25-13-33(49(61)69-5)34(50(62)70-6)14-26(25)42(55-40)20-44-28-16-36(52(64)72-8)35(51(63)71-7)15-27(28)43(56-44)19-41-24-12-32(48(60)68-4)31(47(59)67-3)11-23(24)39(54-41)17-37(21)53-38;/h17-20,29-36H,9-16H2,1-8H3;/q-2;+2. The van der Waals surface area contributed by atoms with Crippen LogP contribution in [0, 0.1) is 47.3 Å². The van der Waals surface area contributed by atoms with Crippen LogP contribution in [0.1, 0.15) is 70.7 Å². The monoisotopic (exact) mass is 1050 g/mol. The molecule has 0 saturated carbocycles. The fourth-order valence-corrected chi connectivity index (χ4v) is 11.7. The number of methoxy groups -OCH3 is 8. The smallest absolute Gasteiger partial charge is 0.657 e. The Balaban J connectivity index is 0.00000711. The van der Waals surface area contributed by atoms with Gasteiger partial charge in [-0.3, -0.25) is 38.4 Å². The molecule has 0 amide bonds. The summed E-state index contributed by atoms with van der Waals surface area (Å²) < 4.78 is 41.7. The van der Waals surface area contributed by atoms with Crippen molar-refractivity contribution in [3.8, 4) is 0 Å². The summed E-state index contributed by atoms with van der Waals surface area (Å²) in [6.07, 6.45) is 0.129. The van der Waals surface area contributed by atoms with E-state index in [9.17, 15) is 38.4 Å². The molecule has 378 valence electrons. The van der Waals surface area contributed by atoms with Gasteiger partial charge in [-0.15, -0.1) is 22.1 Å². The zero-order valence-electron chi connectivity index (χ0n) is 41.6. The van der Waals surface area contributed by atoms with Gasteiger partial charge < -0.3 is 47.9 Å². The van der Waals surface area contributed by atoms with Gasteiger partial charge in [0.15, 0.2) is 0 Å². The van der Waals surface area contributed by atoms with Crippen LogP contribution in [0.4, 0.5) is 0 Å². The molecule has 0 fully saturated rings. The van der Waals surface area contributed by atoms with Crippen molar-refractivity contribution in [2.45, 2.75) is 51.4 Å². The maximum absolute atomic E-state index is 13.5. The number of carbonyl (C=O) groups excluding carboxylic acids is 8. The largest absolute Gasteiger partial charge is 2.00 e. The van der Waals surface area contributed by atoms with Gasteiger partial charge in [-0.25, -0.2) is 9.97 Å². The van der Waals surface area contributed by atoms with Gasteiger partial charge in [-0.05, 0) is 73.7 Å². The van der Waals surface area contributed by atoms with Crippen molar-refractivity contribution in [2.75, 3.05) is 56.9 Å². The molecule has 21 heteroatoms. The Kier molecular flexibility index (Phi) is 14.9. The average molecular weight is 1050 g/mol. The van der Waals surface area contributed by atoms with Crippen molar-refractivity contribution < 1.29 is 95.7 Å². The molecule has 6 aliphatic rings. The molecule has 8 atom stereocenters. The fraction of sp³-hybridized carbons (Fsp3) is 0.462. The molecule has 0 spiro atoms. The van der Waals surface area contributed by atoms with E-state index in [4.69, 9.17) is 57.8 Å². The molecular weight excluding hydrogens is 1000 g/mol. The number of fused-ring (bicyclic) bond motifs is 18. The first-order chi connectivity index (χ1) is 34.6. The molecule has 3 aromatic rings. The molecule has 0 radical (unpaired) electrons. The Labute approximate surface area is 431 Å². The number of allylic oxidation sites excluding steroid dienone is 4. The van der Waals surface area contributed by atoms with E-state index in [1.165, 1.54) is 56.9 Å². The summed E-state index contributed by atoms with van der Waals surface area (Å²) in [5.41, 5.74) is 8.07. The van der Waals surface area contributed by atoms with E-state index in [-0.39, 0.29) is 70.8 Å². The Hall–Kier alpha value is -7.02. The van der Waals surface area contributed by atoms with Crippen LogP contribution >= 0.6 is 0 Å². The minimum atomic E-state index is -0.957. The van der Waals surface area contributed by atoms with Crippen LogP contribution in [-0.2, 0) is 121 Å². The number of carbonyl (C=O) groups is 8. The zero-order chi connectivity index (χ0) is 51.4. The minimum absolute atomic E-state index is 0. The summed E-state index contributed by atoms with van der Waals surface area (Å²) >= 11 is 0. The molecule has 0 N–H and O–H groups in total. The van der Waals surface area contributed by atoms with Crippen molar-refractivity contribution in [2.24, 2.45) is 47.3 Å². The van der Waals surface area contributed by atoms with Crippen molar-refractivity contribution >= 4 is 92.1 Å². The van der Waals surface area contributed by atoms with Crippen LogP contribution in [0.5, 0.6) is 0 Å². The van der Waals surface area contributed by atoms with Crippen LogP contribution in [0.15, 0.2) is 24.3 Å². The van der Waals surface area contributed by atoms with E-state index in [0.29, 0.717) is 89.4 Å². The summed E-state index contributed by atoms with van der Waals surface area (Å²) in [5.74, 6) is -12.7. The van der Waals surface area contributed by atoms with E-state index >= 15 is 0 Å². The number of aromatic nitrogens is 4. The van der Waals surface area contributed by atoms with Crippen molar-refractivity contribution in [3.05, 3.63) is 69.3 Å². The van der Waals surface area contributed by atoms with E-state index in [0.717, 1.165) is 0 Å². The number of esters is 8. The molecule has 20 nitrogen and oxygen atoms in total. The van der Waals surface area contributed by atoms with Crippen LogP contribution in [0.3, 0.4) is 0 Å². The molecule has 0 saturated heterocycles. The van der Waals surface area contributed by atoms with Gasteiger partial charge in [0.25, 0.3) is 0 Å². The van der Waals surface area contributed by atoms with Gasteiger partial charge in [-0.1, -0.05) is 46.5 Å². The van der Waals surface area contributed by atoms with Gasteiger partial charge in [0, 0.05) is 0 Å². The number of rotatable bonds is 8. The summed E-state index contributed by atoms with van der Waals surface area (Å²) in [5, 5.41) is 0. The summed E-state index contributed by atoms with van der Waals surface area (Å²) in [6, 6.07) is 6.97. The predicted molar refractivity (Wildman–Crippen MR) is 250 cm³/mol. The van der Waals surface area contributed by atoms with Gasteiger partial charge in [0.2, 0.25) is 0 Å². The molecule has 4 aliphatic carbocycles. The summed E-state index contributed by atoms with van der Waals surface area (Å²) in [7, 11) is 9.93. The quantitative estimate of drug-likeness (QED) is 0.178. The van der Waals surface area contributed by atoms with Crippen LogP contribution in [0.2, 0.25) is 0 Å². The maximum Gasteiger partial charge on any atom is 2.00 e. The molecule has 0 aromatic carbocycles. The number of hydrogen-bond acceptors (Lipinski definition) is 18. The van der Waals surface area contributed by atoms with Crippen LogP contribution in [0.25, 0.3) is 44.4 Å². The zero-order valence-corrected chi connectivity index (χ0v) is 44.6. The van der Waals surface area contributed by atoms with E-state index in [1.807, 2.05) is 0 Å². The predicted octanol–water partition coefficient (Wildman–Crippen LogP) is 3.49. The molecule has 9 rings (SSSR count). The fourth-order valence-electron chi connectivity index (χ4n) is 11.7. The number of ether oxygens (including phenoxy) is 8. The van der Waals surface area contributed by atoms with E-state index in [1.54, 1.807) is 24.3 Å². The maximum atomic E-state index is 13.5. The van der Waals surface area contributed by atoms with Crippen LogP contribution in [-0.4, -0.2) is 115 Å². The first-order valence-electron chi connectivity index (χ1n) is 23.4. The van der Waals surface area contributed by atoms with Gasteiger partial charge >= 0.3 is 67.2 Å². The first-order valence-corrected chi connectivity index (χ1v) is 23.4. The van der Waals surface area contributed by atoms with Gasteiger partial charge in [0.1, 0.15) is 0 Å². The Morgan fingerprint density at radius 2 is 0.493 bits per heavy atom. The second kappa shape index (κ2) is 20.8. The van der Waals surface area contributed by atoms with E-state index in [2.05, 4.69) is 0 Å². The molecule has 73 heavy (non-hydrogen) atoms. The Morgan fingerprint density at radius 3 is 0.658 bits per heavy atom. The third-order valence-corrected chi connectivity index (χ3v) is 15.4. The molecule has 8 unspecified atom stereocenters.